The van der Waals surface area contributed by atoms with E-state index in [0.717, 1.165) is 25.0 Å². The second-order valence-corrected chi connectivity index (χ2v) is 5.70. The third-order valence-electron chi connectivity index (χ3n) is 3.70. The number of aliphatic imine (C=N–C) groups is 1. The van der Waals surface area contributed by atoms with Crippen molar-refractivity contribution in [1.82, 2.24) is 10.6 Å². The number of guanidine groups is 1. The van der Waals surface area contributed by atoms with Gasteiger partial charge < -0.3 is 20.1 Å². The van der Waals surface area contributed by atoms with Crippen molar-refractivity contribution in [2.45, 2.75) is 45.9 Å². The molecule has 8 heteroatoms. The van der Waals surface area contributed by atoms with E-state index in [9.17, 15) is 8.78 Å². The van der Waals surface area contributed by atoms with E-state index in [2.05, 4.69) is 20.4 Å². The number of hydrogen-bond acceptors (Lipinski definition) is 3. The first-order valence-electron chi connectivity index (χ1n) is 8.26. The molecular formula is C17H26F2IN3O2. The zero-order valence-corrected chi connectivity index (χ0v) is 16.9. The van der Waals surface area contributed by atoms with Crippen LogP contribution in [-0.2, 0) is 11.3 Å². The van der Waals surface area contributed by atoms with Gasteiger partial charge in [0, 0.05) is 25.3 Å². The fraction of sp³-hybridized carbons (Fsp3) is 0.588. The molecule has 5 nitrogen and oxygen atoms in total. The summed E-state index contributed by atoms with van der Waals surface area (Å²) in [6.45, 7) is 3.48. The van der Waals surface area contributed by atoms with Crippen LogP contribution in [0.25, 0.3) is 0 Å². The van der Waals surface area contributed by atoms with Gasteiger partial charge in [0.25, 0.3) is 0 Å². The van der Waals surface area contributed by atoms with E-state index in [-0.39, 0.29) is 42.4 Å². The minimum Gasteiger partial charge on any atom is -0.434 e. The van der Waals surface area contributed by atoms with Crippen molar-refractivity contribution in [3.8, 4) is 5.75 Å². The Bertz CT molecular complexity index is 553. The lowest BCUT2D eigenvalue weighted by molar-refractivity contribution is -0.0504. The van der Waals surface area contributed by atoms with E-state index in [0.29, 0.717) is 24.6 Å². The summed E-state index contributed by atoms with van der Waals surface area (Å²) < 4.78 is 35.2. The van der Waals surface area contributed by atoms with Crippen molar-refractivity contribution in [2.24, 2.45) is 4.99 Å². The summed E-state index contributed by atoms with van der Waals surface area (Å²) in [6, 6.07) is 5.11. The number of alkyl halides is 2. The Morgan fingerprint density at radius 2 is 2.20 bits per heavy atom. The molecule has 142 valence electrons. The number of rotatable bonds is 7. The Morgan fingerprint density at radius 3 is 2.84 bits per heavy atom. The maximum Gasteiger partial charge on any atom is 0.387 e. The lowest BCUT2D eigenvalue weighted by Gasteiger charge is -2.15. The van der Waals surface area contributed by atoms with E-state index >= 15 is 0 Å². The van der Waals surface area contributed by atoms with Crippen molar-refractivity contribution >= 4 is 29.9 Å². The maximum atomic E-state index is 12.5. The largest absolute Gasteiger partial charge is 0.434 e. The summed E-state index contributed by atoms with van der Waals surface area (Å²) >= 11 is 0. The molecule has 1 aromatic carbocycles. The molecule has 1 aromatic rings. The van der Waals surface area contributed by atoms with E-state index in [1.165, 1.54) is 0 Å². The first-order chi connectivity index (χ1) is 11.6. The molecule has 1 fully saturated rings. The van der Waals surface area contributed by atoms with Crippen LogP contribution in [0.4, 0.5) is 8.78 Å². The Balaban J connectivity index is 0.00000312. The second-order valence-electron chi connectivity index (χ2n) is 5.70. The van der Waals surface area contributed by atoms with Gasteiger partial charge in [0.1, 0.15) is 5.75 Å². The van der Waals surface area contributed by atoms with Crippen LogP contribution in [0.5, 0.6) is 5.75 Å². The van der Waals surface area contributed by atoms with Crippen LogP contribution in [0, 0.1) is 6.92 Å². The first-order valence-corrected chi connectivity index (χ1v) is 8.26. The molecular weight excluding hydrogens is 443 g/mol. The predicted molar refractivity (Wildman–Crippen MR) is 105 cm³/mol. The predicted octanol–water partition coefficient (Wildman–Crippen LogP) is 3.45. The molecule has 1 unspecified atom stereocenters. The van der Waals surface area contributed by atoms with Gasteiger partial charge in [-0.25, -0.2) is 4.99 Å². The van der Waals surface area contributed by atoms with E-state index in [1.54, 1.807) is 12.1 Å². The number of halogens is 3. The van der Waals surface area contributed by atoms with Gasteiger partial charge in [-0.3, -0.25) is 0 Å². The maximum absolute atomic E-state index is 12.5. The summed E-state index contributed by atoms with van der Waals surface area (Å²) in [4.78, 5) is 4.47. The number of hydrogen-bond donors (Lipinski definition) is 2. The van der Waals surface area contributed by atoms with Crippen LogP contribution < -0.4 is 15.4 Å². The summed E-state index contributed by atoms with van der Waals surface area (Å²) in [6.07, 6.45) is 2.32. The quantitative estimate of drug-likeness (QED) is 0.365. The van der Waals surface area contributed by atoms with Gasteiger partial charge in [-0.1, -0.05) is 17.7 Å². The highest BCUT2D eigenvalue weighted by atomic mass is 127. The molecule has 2 rings (SSSR count). The van der Waals surface area contributed by atoms with Gasteiger partial charge in [-0.2, -0.15) is 8.78 Å². The number of nitrogens with one attached hydrogen (secondary N) is 2. The fourth-order valence-corrected chi connectivity index (χ4v) is 2.56. The summed E-state index contributed by atoms with van der Waals surface area (Å²) in [7, 11) is 0. The van der Waals surface area contributed by atoms with E-state index in [4.69, 9.17) is 4.74 Å². The molecule has 0 radical (unpaired) electrons. The van der Waals surface area contributed by atoms with Crippen LogP contribution in [0.2, 0.25) is 0 Å². The molecule has 0 spiro atoms. The summed E-state index contributed by atoms with van der Waals surface area (Å²) in [5.74, 6) is 0.798. The van der Waals surface area contributed by atoms with E-state index in [1.807, 2.05) is 19.9 Å². The first kappa shape index (κ1) is 21.9. The molecule has 1 heterocycles. The molecule has 0 saturated carbocycles. The molecule has 1 aliphatic rings. The molecule has 0 aliphatic carbocycles. The second kappa shape index (κ2) is 11.5. The average molecular weight is 469 g/mol. The van der Waals surface area contributed by atoms with Crippen LogP contribution in [0.1, 0.15) is 30.9 Å². The van der Waals surface area contributed by atoms with Crippen LogP contribution in [-0.4, -0.2) is 38.4 Å². The highest BCUT2D eigenvalue weighted by molar-refractivity contribution is 14.0. The standard InChI is InChI=1S/C17H25F2N3O2.HI/c1-3-20-17(22-11-14-5-4-8-23-14)21-10-13-9-12(2)6-7-15(13)24-16(18)19;/h6-7,9,14,16H,3-5,8,10-11H2,1-2H3,(H2,20,21,22);1H. The van der Waals surface area contributed by atoms with Crippen molar-refractivity contribution in [2.75, 3.05) is 19.7 Å². The zero-order chi connectivity index (χ0) is 17.4. The van der Waals surface area contributed by atoms with Gasteiger partial charge in [-0.15, -0.1) is 24.0 Å². The van der Waals surface area contributed by atoms with Crippen molar-refractivity contribution in [3.05, 3.63) is 29.3 Å². The third-order valence-corrected chi connectivity index (χ3v) is 3.70. The smallest absolute Gasteiger partial charge is 0.387 e. The Labute approximate surface area is 164 Å². The average Bonchev–Trinajstić information content (AvgIpc) is 3.05. The summed E-state index contributed by atoms with van der Waals surface area (Å²) in [5.41, 5.74) is 1.60. The molecule has 1 atom stereocenters. The van der Waals surface area contributed by atoms with Crippen LogP contribution in [0.15, 0.2) is 23.2 Å². The van der Waals surface area contributed by atoms with Crippen LogP contribution >= 0.6 is 24.0 Å². The third kappa shape index (κ3) is 7.72. The Hall–Kier alpha value is -1.16. The number of ether oxygens (including phenoxy) is 2. The van der Waals surface area contributed by atoms with Crippen molar-refractivity contribution < 1.29 is 18.3 Å². The molecule has 2 N–H and O–H groups in total. The highest BCUT2D eigenvalue weighted by Gasteiger charge is 2.15. The normalized spacial score (nSPS) is 17.3. The molecule has 1 saturated heterocycles. The van der Waals surface area contributed by atoms with E-state index < -0.39 is 6.61 Å². The minimum absolute atomic E-state index is 0. The zero-order valence-electron chi connectivity index (χ0n) is 14.6. The Kier molecular flexibility index (Phi) is 10.0. The van der Waals surface area contributed by atoms with Gasteiger partial charge in [0.05, 0.1) is 12.6 Å². The topological polar surface area (TPSA) is 54.9 Å². The van der Waals surface area contributed by atoms with Gasteiger partial charge in [-0.05, 0) is 32.8 Å². The number of nitrogens with zero attached hydrogens (tertiary/aromatic N) is 1. The molecule has 0 bridgehead atoms. The Morgan fingerprint density at radius 1 is 1.40 bits per heavy atom. The molecule has 1 aliphatic heterocycles. The monoisotopic (exact) mass is 469 g/mol. The minimum atomic E-state index is -2.85. The number of aryl methyl sites for hydroxylation is 1. The van der Waals surface area contributed by atoms with Crippen molar-refractivity contribution in [1.29, 1.82) is 0 Å². The van der Waals surface area contributed by atoms with Crippen LogP contribution in [0.3, 0.4) is 0 Å². The van der Waals surface area contributed by atoms with Gasteiger partial charge in [0.15, 0.2) is 5.96 Å². The molecule has 0 aromatic heterocycles. The summed E-state index contributed by atoms with van der Waals surface area (Å²) in [5, 5.41) is 6.38. The SMILES string of the molecule is CCNC(=NCc1cc(C)ccc1OC(F)F)NCC1CCCO1.I. The fourth-order valence-electron chi connectivity index (χ4n) is 2.56. The van der Waals surface area contributed by atoms with Gasteiger partial charge >= 0.3 is 6.61 Å². The lowest BCUT2D eigenvalue weighted by Crippen LogP contribution is -2.41. The van der Waals surface area contributed by atoms with Crippen molar-refractivity contribution in [3.63, 3.8) is 0 Å². The molecule has 25 heavy (non-hydrogen) atoms. The van der Waals surface area contributed by atoms with Gasteiger partial charge in [0.2, 0.25) is 0 Å². The molecule has 0 amide bonds. The highest BCUT2D eigenvalue weighted by Crippen LogP contribution is 2.22. The number of benzene rings is 1. The lowest BCUT2D eigenvalue weighted by atomic mass is 10.1.